The van der Waals surface area contributed by atoms with E-state index >= 15 is 0 Å². The minimum Gasteiger partial charge on any atom is -0.365 e. The Hall–Kier alpha value is -2.09. The summed E-state index contributed by atoms with van der Waals surface area (Å²) in [5.41, 5.74) is 0.294. The molecule has 0 aliphatic carbocycles. The fourth-order valence-electron chi connectivity index (χ4n) is 1.31. The van der Waals surface area contributed by atoms with Crippen LogP contribution in [0, 0.1) is 12.3 Å². The van der Waals surface area contributed by atoms with Crippen molar-refractivity contribution < 1.29 is 4.79 Å². The van der Waals surface area contributed by atoms with E-state index in [0.29, 0.717) is 17.9 Å². The van der Waals surface area contributed by atoms with Crippen LogP contribution in [0.25, 0.3) is 0 Å². The lowest BCUT2D eigenvalue weighted by Gasteiger charge is -2.14. The van der Waals surface area contributed by atoms with Gasteiger partial charge in [-0.1, -0.05) is 6.92 Å². The predicted molar refractivity (Wildman–Crippen MR) is 66.6 cm³/mol. The summed E-state index contributed by atoms with van der Waals surface area (Å²) in [6.07, 6.45) is 6.80. The van der Waals surface area contributed by atoms with Gasteiger partial charge in [-0.05, 0) is 18.6 Å². The Balaban J connectivity index is 2.68. The van der Waals surface area contributed by atoms with Crippen LogP contribution in [-0.2, 0) is 0 Å². The van der Waals surface area contributed by atoms with Gasteiger partial charge in [0.05, 0.1) is 0 Å². The van der Waals surface area contributed by atoms with Crippen molar-refractivity contribution in [1.29, 1.82) is 0 Å². The van der Waals surface area contributed by atoms with Crippen molar-refractivity contribution in [2.45, 2.75) is 25.8 Å². The van der Waals surface area contributed by atoms with E-state index in [9.17, 15) is 4.79 Å². The smallest absolute Gasteiger partial charge is 0.271 e. The van der Waals surface area contributed by atoms with Gasteiger partial charge < -0.3 is 10.6 Å². The molecule has 1 atom stereocenters. The number of anilines is 1. The van der Waals surface area contributed by atoms with Crippen molar-refractivity contribution in [3.05, 3.63) is 17.8 Å². The molecule has 0 spiro atoms. The summed E-state index contributed by atoms with van der Waals surface area (Å²) in [5, 5.41) is 13.4. The molecule has 0 saturated heterocycles. The maximum Gasteiger partial charge on any atom is 0.271 e. The Kier molecular flexibility index (Phi) is 4.95. The molecule has 0 aromatic carbocycles. The van der Waals surface area contributed by atoms with E-state index in [1.165, 1.54) is 0 Å². The molecule has 5 nitrogen and oxygen atoms in total. The zero-order valence-electron chi connectivity index (χ0n) is 10.0. The Labute approximate surface area is 101 Å². The number of amides is 1. The standard InChI is InChI=1S/C12H16N4O/c1-4-6-9(5-2)14-11-8-7-10(15-16-11)12(17)13-3/h1,7-9H,5-6H2,2-3H3,(H,13,17)(H,14,16). The van der Waals surface area contributed by atoms with Gasteiger partial charge in [-0.25, -0.2) is 0 Å². The zero-order valence-corrected chi connectivity index (χ0v) is 10.0. The van der Waals surface area contributed by atoms with Gasteiger partial charge in [0.25, 0.3) is 5.91 Å². The van der Waals surface area contributed by atoms with Gasteiger partial charge in [0.1, 0.15) is 5.82 Å². The lowest BCUT2D eigenvalue weighted by atomic mass is 10.1. The van der Waals surface area contributed by atoms with Gasteiger partial charge in [0, 0.05) is 19.5 Å². The molecule has 1 amide bonds. The Morgan fingerprint density at radius 3 is 2.76 bits per heavy atom. The number of aromatic nitrogens is 2. The fourth-order valence-corrected chi connectivity index (χ4v) is 1.31. The highest BCUT2D eigenvalue weighted by Gasteiger charge is 2.08. The first-order chi connectivity index (χ1) is 8.21. The van der Waals surface area contributed by atoms with Crippen LogP contribution in [0.15, 0.2) is 12.1 Å². The van der Waals surface area contributed by atoms with Crippen LogP contribution in [0.3, 0.4) is 0 Å². The predicted octanol–water partition coefficient (Wildman–Crippen LogP) is 1.05. The van der Waals surface area contributed by atoms with Crippen LogP contribution < -0.4 is 10.6 Å². The third-order valence-electron chi connectivity index (χ3n) is 2.33. The van der Waals surface area contributed by atoms with Crippen molar-refractivity contribution in [2.75, 3.05) is 12.4 Å². The molecule has 2 N–H and O–H groups in total. The van der Waals surface area contributed by atoms with Crippen molar-refractivity contribution >= 4 is 11.7 Å². The number of nitrogens with one attached hydrogen (secondary N) is 2. The topological polar surface area (TPSA) is 66.9 Å². The molecular weight excluding hydrogens is 216 g/mol. The van der Waals surface area contributed by atoms with E-state index in [1.54, 1.807) is 19.2 Å². The molecule has 1 aromatic heterocycles. The zero-order chi connectivity index (χ0) is 12.7. The van der Waals surface area contributed by atoms with Gasteiger partial charge >= 0.3 is 0 Å². The molecule has 0 radical (unpaired) electrons. The molecule has 0 bridgehead atoms. The highest BCUT2D eigenvalue weighted by molar-refractivity contribution is 5.91. The first kappa shape index (κ1) is 13.0. The second kappa shape index (κ2) is 6.48. The minimum atomic E-state index is -0.250. The van der Waals surface area contributed by atoms with Gasteiger partial charge in [-0.3, -0.25) is 4.79 Å². The summed E-state index contributed by atoms with van der Waals surface area (Å²) in [5.74, 6) is 2.98. The average molecular weight is 232 g/mol. The Bertz CT molecular complexity index is 408. The molecule has 0 fully saturated rings. The van der Waals surface area contributed by atoms with Crippen LogP contribution >= 0.6 is 0 Å². The van der Waals surface area contributed by atoms with Crippen LogP contribution in [0.5, 0.6) is 0 Å². The van der Waals surface area contributed by atoms with E-state index in [-0.39, 0.29) is 11.9 Å². The van der Waals surface area contributed by atoms with Crippen LogP contribution in [0.1, 0.15) is 30.3 Å². The third-order valence-corrected chi connectivity index (χ3v) is 2.33. The molecule has 17 heavy (non-hydrogen) atoms. The van der Waals surface area contributed by atoms with Gasteiger partial charge in [-0.2, -0.15) is 0 Å². The average Bonchev–Trinajstić information content (AvgIpc) is 2.38. The van der Waals surface area contributed by atoms with Crippen LogP contribution in [0.2, 0.25) is 0 Å². The number of carbonyl (C=O) groups is 1. The normalized spacial score (nSPS) is 11.4. The number of hydrogen-bond donors (Lipinski definition) is 2. The van der Waals surface area contributed by atoms with E-state index in [4.69, 9.17) is 6.42 Å². The van der Waals surface area contributed by atoms with Crippen molar-refractivity contribution in [1.82, 2.24) is 15.5 Å². The summed E-state index contributed by atoms with van der Waals surface area (Å²) >= 11 is 0. The maximum absolute atomic E-state index is 11.2. The van der Waals surface area contributed by atoms with Crippen LogP contribution in [0.4, 0.5) is 5.82 Å². The maximum atomic E-state index is 11.2. The summed E-state index contributed by atoms with van der Waals surface area (Å²) < 4.78 is 0. The lowest BCUT2D eigenvalue weighted by molar-refractivity contribution is 0.0957. The van der Waals surface area contributed by atoms with Gasteiger partial charge in [0.15, 0.2) is 5.69 Å². The number of hydrogen-bond acceptors (Lipinski definition) is 4. The Morgan fingerprint density at radius 1 is 1.53 bits per heavy atom. The first-order valence-electron chi connectivity index (χ1n) is 5.47. The third kappa shape index (κ3) is 3.76. The SMILES string of the molecule is C#CCC(CC)Nc1ccc(C(=O)NC)nn1. The molecule has 90 valence electrons. The summed E-state index contributed by atoms with van der Waals surface area (Å²) in [6, 6.07) is 3.52. The summed E-state index contributed by atoms with van der Waals surface area (Å²) in [6.45, 7) is 2.04. The fraction of sp³-hybridized carbons (Fsp3) is 0.417. The number of nitrogens with zero attached hydrogens (tertiary/aromatic N) is 2. The van der Waals surface area contributed by atoms with Gasteiger partial charge in [-0.15, -0.1) is 22.5 Å². The summed E-state index contributed by atoms with van der Waals surface area (Å²) in [7, 11) is 1.55. The molecule has 1 unspecified atom stereocenters. The molecule has 1 heterocycles. The number of carbonyl (C=O) groups excluding carboxylic acids is 1. The van der Waals surface area contributed by atoms with E-state index < -0.39 is 0 Å². The lowest BCUT2D eigenvalue weighted by Crippen LogP contribution is -2.21. The highest BCUT2D eigenvalue weighted by Crippen LogP contribution is 2.08. The quantitative estimate of drug-likeness (QED) is 0.745. The number of rotatable bonds is 5. The van der Waals surface area contributed by atoms with Crippen molar-refractivity contribution in [2.24, 2.45) is 0 Å². The summed E-state index contributed by atoms with van der Waals surface area (Å²) in [4.78, 5) is 11.2. The highest BCUT2D eigenvalue weighted by atomic mass is 16.1. The monoisotopic (exact) mass is 232 g/mol. The number of terminal acetylenes is 1. The minimum absolute atomic E-state index is 0.181. The van der Waals surface area contributed by atoms with Crippen LogP contribution in [-0.4, -0.2) is 29.2 Å². The largest absolute Gasteiger partial charge is 0.365 e. The van der Waals surface area contributed by atoms with E-state index in [2.05, 4.69) is 26.8 Å². The molecular formula is C12H16N4O. The Morgan fingerprint density at radius 2 is 2.29 bits per heavy atom. The molecule has 0 aliphatic heterocycles. The van der Waals surface area contributed by atoms with E-state index in [0.717, 1.165) is 6.42 Å². The van der Waals surface area contributed by atoms with Gasteiger partial charge in [0.2, 0.25) is 0 Å². The molecule has 1 aromatic rings. The van der Waals surface area contributed by atoms with E-state index in [1.807, 2.05) is 6.92 Å². The van der Waals surface area contributed by atoms with Crippen molar-refractivity contribution in [3.63, 3.8) is 0 Å². The molecule has 0 saturated carbocycles. The molecule has 5 heteroatoms. The molecule has 0 aliphatic rings. The van der Waals surface area contributed by atoms with Crippen molar-refractivity contribution in [3.8, 4) is 12.3 Å². The second-order valence-electron chi connectivity index (χ2n) is 3.54. The first-order valence-corrected chi connectivity index (χ1v) is 5.47. The molecule has 1 rings (SSSR count). The second-order valence-corrected chi connectivity index (χ2v) is 3.54.